The zero-order valence-electron chi connectivity index (χ0n) is 14.4. The van der Waals surface area contributed by atoms with Gasteiger partial charge in [-0.05, 0) is 49.0 Å². The molecule has 140 valence electrons. The van der Waals surface area contributed by atoms with Crippen LogP contribution < -0.4 is 11.2 Å². The molecule has 3 N–H and O–H groups in total. The van der Waals surface area contributed by atoms with Crippen LogP contribution in [0.15, 0.2) is 69.2 Å². The van der Waals surface area contributed by atoms with Crippen LogP contribution in [-0.2, 0) is 10.0 Å². The normalized spacial score (nSPS) is 12.3. The Labute approximate surface area is 171 Å². The highest BCUT2D eigenvalue weighted by molar-refractivity contribution is 9.10. The summed E-state index contributed by atoms with van der Waals surface area (Å²) >= 11 is 8.26. The topological polar surface area (TPSA) is 89.5 Å². The Morgan fingerprint density at radius 2 is 1.96 bits per heavy atom. The van der Waals surface area contributed by atoms with Gasteiger partial charge in [-0.2, -0.15) is 5.10 Å². The number of nitrogens with two attached hydrogens (primary N) is 1. The molecular formula is C18H17BrN4O2S2. The SMILES string of the molecule is CC/C(=N/NC(N)=S)c1cn(S(=O)(=O)c2ccccc2)c2ccc(Br)cc12. The van der Waals surface area contributed by atoms with Crippen molar-refractivity contribution in [2.24, 2.45) is 10.8 Å². The van der Waals surface area contributed by atoms with Gasteiger partial charge in [-0.25, -0.2) is 12.4 Å². The second kappa shape index (κ2) is 7.79. The third-order valence-electron chi connectivity index (χ3n) is 3.98. The van der Waals surface area contributed by atoms with E-state index in [0.29, 0.717) is 23.2 Å². The van der Waals surface area contributed by atoms with Gasteiger partial charge in [0, 0.05) is 21.6 Å². The molecule has 0 unspecified atom stereocenters. The predicted octanol–water partition coefficient (Wildman–Crippen LogP) is 3.59. The Morgan fingerprint density at radius 1 is 1.26 bits per heavy atom. The van der Waals surface area contributed by atoms with E-state index in [0.717, 1.165) is 9.86 Å². The molecule has 0 aliphatic rings. The Hall–Kier alpha value is -2.23. The first-order valence-corrected chi connectivity index (χ1v) is 10.7. The molecule has 0 spiro atoms. The molecule has 2 aromatic carbocycles. The highest BCUT2D eigenvalue weighted by Crippen LogP contribution is 2.29. The summed E-state index contributed by atoms with van der Waals surface area (Å²) in [6, 6.07) is 13.7. The van der Waals surface area contributed by atoms with E-state index in [1.807, 2.05) is 13.0 Å². The van der Waals surface area contributed by atoms with Crippen molar-refractivity contribution in [2.75, 3.05) is 0 Å². The number of nitrogens with zero attached hydrogens (tertiary/aromatic N) is 2. The number of fused-ring (bicyclic) bond motifs is 1. The molecule has 0 amide bonds. The number of thiocarbonyl (C=S) groups is 1. The third-order valence-corrected chi connectivity index (χ3v) is 6.25. The summed E-state index contributed by atoms with van der Waals surface area (Å²) < 4.78 is 28.5. The molecule has 0 bridgehead atoms. The number of halogens is 1. The molecule has 1 heterocycles. The van der Waals surface area contributed by atoms with E-state index in [9.17, 15) is 8.42 Å². The summed E-state index contributed by atoms with van der Waals surface area (Å²) in [5.41, 5.74) is 9.95. The van der Waals surface area contributed by atoms with Crippen molar-refractivity contribution in [3.63, 3.8) is 0 Å². The maximum atomic E-state index is 13.2. The van der Waals surface area contributed by atoms with Crippen LogP contribution in [0.3, 0.4) is 0 Å². The van der Waals surface area contributed by atoms with Gasteiger partial charge in [-0.3, -0.25) is 5.43 Å². The monoisotopic (exact) mass is 464 g/mol. The number of rotatable bonds is 5. The van der Waals surface area contributed by atoms with Crippen LogP contribution in [-0.4, -0.2) is 23.2 Å². The summed E-state index contributed by atoms with van der Waals surface area (Å²) in [5, 5.41) is 5.04. The van der Waals surface area contributed by atoms with Crippen LogP contribution >= 0.6 is 28.1 Å². The fourth-order valence-electron chi connectivity index (χ4n) is 2.76. The van der Waals surface area contributed by atoms with Crippen molar-refractivity contribution in [3.8, 4) is 0 Å². The van der Waals surface area contributed by atoms with E-state index in [2.05, 4.69) is 26.5 Å². The molecule has 0 atom stereocenters. The van der Waals surface area contributed by atoms with Crippen molar-refractivity contribution < 1.29 is 8.42 Å². The summed E-state index contributed by atoms with van der Waals surface area (Å²) in [7, 11) is -3.76. The summed E-state index contributed by atoms with van der Waals surface area (Å²) in [6.45, 7) is 1.92. The third kappa shape index (κ3) is 3.90. The van der Waals surface area contributed by atoms with Gasteiger partial charge in [0.1, 0.15) is 0 Å². The average molecular weight is 465 g/mol. The Bertz CT molecular complexity index is 1140. The molecule has 6 nitrogen and oxygen atoms in total. The molecule has 0 aliphatic heterocycles. The van der Waals surface area contributed by atoms with Crippen molar-refractivity contribution in [1.82, 2.24) is 9.40 Å². The second-order valence-electron chi connectivity index (χ2n) is 5.71. The van der Waals surface area contributed by atoms with Crippen molar-refractivity contribution in [3.05, 3.63) is 64.8 Å². The Morgan fingerprint density at radius 3 is 2.59 bits per heavy atom. The molecule has 0 saturated heterocycles. The van der Waals surface area contributed by atoms with Crippen LogP contribution in [0.25, 0.3) is 10.9 Å². The minimum absolute atomic E-state index is 0.0442. The van der Waals surface area contributed by atoms with Gasteiger partial charge in [0.15, 0.2) is 5.11 Å². The standard InChI is InChI=1S/C18H17BrN4O2S2/c1-2-16(21-22-18(20)26)15-11-23(17-9-8-12(19)10-14(15)17)27(24,25)13-6-4-3-5-7-13/h3-11H,2H2,1H3,(H3,20,22,26)/b21-16-. The van der Waals surface area contributed by atoms with Crippen molar-refractivity contribution in [2.45, 2.75) is 18.2 Å². The van der Waals surface area contributed by atoms with E-state index in [1.165, 1.54) is 3.97 Å². The molecule has 9 heteroatoms. The maximum absolute atomic E-state index is 13.2. The fourth-order valence-corrected chi connectivity index (χ4v) is 4.56. The number of hydrogen-bond donors (Lipinski definition) is 2. The number of nitrogens with one attached hydrogen (secondary N) is 1. The second-order valence-corrected chi connectivity index (χ2v) is 8.88. The summed E-state index contributed by atoms with van der Waals surface area (Å²) in [5.74, 6) is 0. The first kappa shape index (κ1) is 19.5. The molecule has 0 radical (unpaired) electrons. The van der Waals surface area contributed by atoms with Crippen LogP contribution in [0.1, 0.15) is 18.9 Å². The Kier molecular flexibility index (Phi) is 5.64. The van der Waals surface area contributed by atoms with Crippen LogP contribution in [0.2, 0.25) is 0 Å². The van der Waals surface area contributed by atoms with Gasteiger partial charge < -0.3 is 5.73 Å². The molecule has 3 rings (SSSR count). The molecule has 27 heavy (non-hydrogen) atoms. The lowest BCUT2D eigenvalue weighted by molar-refractivity contribution is 0.589. The van der Waals surface area contributed by atoms with Gasteiger partial charge >= 0.3 is 0 Å². The molecular weight excluding hydrogens is 448 g/mol. The van der Waals surface area contributed by atoms with Crippen LogP contribution in [0.5, 0.6) is 0 Å². The van der Waals surface area contributed by atoms with E-state index in [4.69, 9.17) is 18.0 Å². The average Bonchev–Trinajstić information content (AvgIpc) is 3.02. The largest absolute Gasteiger partial charge is 0.375 e. The van der Waals surface area contributed by atoms with E-state index < -0.39 is 10.0 Å². The number of hydrogen-bond acceptors (Lipinski definition) is 4. The molecule has 0 aliphatic carbocycles. The first-order valence-electron chi connectivity index (χ1n) is 8.08. The fraction of sp³-hybridized carbons (Fsp3) is 0.111. The number of aromatic nitrogens is 1. The zero-order valence-corrected chi connectivity index (χ0v) is 17.6. The molecule has 1 aromatic heterocycles. The summed E-state index contributed by atoms with van der Waals surface area (Å²) in [4.78, 5) is 0.215. The van der Waals surface area contributed by atoms with Crippen LogP contribution in [0.4, 0.5) is 0 Å². The van der Waals surface area contributed by atoms with Gasteiger partial charge in [0.25, 0.3) is 10.0 Å². The Balaban J connectivity index is 2.27. The maximum Gasteiger partial charge on any atom is 0.268 e. The lowest BCUT2D eigenvalue weighted by atomic mass is 10.1. The highest BCUT2D eigenvalue weighted by Gasteiger charge is 2.22. The van der Waals surface area contributed by atoms with Crippen LogP contribution in [0, 0.1) is 0 Å². The number of hydrazone groups is 1. The minimum Gasteiger partial charge on any atom is -0.375 e. The lowest BCUT2D eigenvalue weighted by Gasteiger charge is -2.07. The molecule has 0 saturated carbocycles. The summed E-state index contributed by atoms with van der Waals surface area (Å²) in [6.07, 6.45) is 2.15. The predicted molar refractivity (Wildman–Crippen MR) is 115 cm³/mol. The molecule has 0 fully saturated rings. The lowest BCUT2D eigenvalue weighted by Crippen LogP contribution is -2.25. The molecule has 3 aromatic rings. The van der Waals surface area contributed by atoms with E-state index in [1.54, 1.807) is 48.7 Å². The van der Waals surface area contributed by atoms with Gasteiger partial charge in [0.05, 0.1) is 16.1 Å². The smallest absolute Gasteiger partial charge is 0.268 e. The van der Waals surface area contributed by atoms with E-state index in [-0.39, 0.29) is 10.0 Å². The number of benzene rings is 2. The van der Waals surface area contributed by atoms with Gasteiger partial charge in [-0.15, -0.1) is 0 Å². The van der Waals surface area contributed by atoms with E-state index >= 15 is 0 Å². The zero-order chi connectivity index (χ0) is 19.6. The first-order chi connectivity index (χ1) is 12.8. The highest BCUT2D eigenvalue weighted by atomic mass is 79.9. The van der Waals surface area contributed by atoms with Gasteiger partial charge in [0.2, 0.25) is 0 Å². The minimum atomic E-state index is -3.76. The quantitative estimate of drug-likeness (QED) is 0.342. The van der Waals surface area contributed by atoms with Crippen molar-refractivity contribution >= 4 is 59.9 Å². The van der Waals surface area contributed by atoms with Crippen molar-refractivity contribution in [1.29, 1.82) is 0 Å². The van der Waals surface area contributed by atoms with Gasteiger partial charge in [-0.1, -0.05) is 41.1 Å².